The molecule has 0 aromatic heterocycles. The third-order valence-electron chi connectivity index (χ3n) is 4.99. The summed E-state index contributed by atoms with van der Waals surface area (Å²) in [4.78, 5) is 24.4. The highest BCUT2D eigenvalue weighted by Gasteiger charge is 2.49. The molecule has 0 spiro atoms. The Morgan fingerprint density at radius 2 is 2.14 bits per heavy atom. The molecule has 0 saturated carbocycles. The molecule has 3 heterocycles. The van der Waals surface area contributed by atoms with Crippen LogP contribution in [0.25, 0.3) is 0 Å². The van der Waals surface area contributed by atoms with Crippen molar-refractivity contribution < 1.29 is 36.9 Å². The van der Waals surface area contributed by atoms with Gasteiger partial charge in [0.15, 0.2) is 5.83 Å². The maximum absolute atomic E-state index is 13.6. The Morgan fingerprint density at radius 3 is 2.90 bits per heavy atom. The van der Waals surface area contributed by atoms with E-state index in [-0.39, 0.29) is 19.6 Å². The molecule has 3 aliphatic rings. The number of hydrogen-bond donors (Lipinski definition) is 0. The maximum Gasteiger partial charge on any atom is 0.475 e. The highest BCUT2D eigenvalue weighted by atomic mass is 35.5. The number of hydrogen-bond acceptors (Lipinski definition) is 7. The van der Waals surface area contributed by atoms with Crippen LogP contribution in [-0.2, 0) is 39.1 Å². The topological polar surface area (TPSA) is 91.4 Å². The summed E-state index contributed by atoms with van der Waals surface area (Å²) < 4.78 is 48.4. The lowest BCUT2D eigenvalue weighted by Gasteiger charge is -2.30. The number of Topliss-reactive ketones (excluding diaryl/α,β-unsaturated/α-hetero) is 1. The molecule has 0 N–H and O–H groups in total. The first-order valence-electron chi connectivity index (χ1n) is 8.94. The van der Waals surface area contributed by atoms with Crippen molar-refractivity contribution in [3.8, 4) is 0 Å². The van der Waals surface area contributed by atoms with Gasteiger partial charge in [0.1, 0.15) is 18.4 Å². The zero-order chi connectivity index (χ0) is 20.8. The Balaban J connectivity index is 1.42. The summed E-state index contributed by atoms with van der Waals surface area (Å²) in [6, 6.07) is 5.34. The van der Waals surface area contributed by atoms with Gasteiger partial charge >= 0.3 is 7.82 Å². The van der Waals surface area contributed by atoms with E-state index in [0.717, 1.165) is 16.7 Å². The quantitative estimate of drug-likeness (QED) is 0.518. The Morgan fingerprint density at radius 1 is 1.34 bits per heavy atom. The number of carbonyl (C=O) groups is 2. The summed E-state index contributed by atoms with van der Waals surface area (Å²) in [5.41, 5.74) is 1.54. The summed E-state index contributed by atoms with van der Waals surface area (Å²) in [5.74, 6) is -2.45. The van der Waals surface area contributed by atoms with Crippen molar-refractivity contribution in [1.82, 2.24) is 4.90 Å². The van der Waals surface area contributed by atoms with Gasteiger partial charge in [0.25, 0.3) is 0 Å². The molecule has 0 bridgehead atoms. The largest absolute Gasteiger partial charge is 0.475 e. The van der Waals surface area contributed by atoms with Gasteiger partial charge in [0.2, 0.25) is 11.7 Å². The number of ether oxygens (including phenoxy) is 1. The van der Waals surface area contributed by atoms with E-state index in [0.29, 0.717) is 10.6 Å². The van der Waals surface area contributed by atoms with Crippen molar-refractivity contribution in [2.45, 2.75) is 44.8 Å². The Kier molecular flexibility index (Phi) is 5.63. The maximum atomic E-state index is 13.6. The van der Waals surface area contributed by atoms with Crippen LogP contribution >= 0.6 is 19.4 Å². The fourth-order valence-electron chi connectivity index (χ4n) is 3.38. The van der Waals surface area contributed by atoms with Gasteiger partial charge in [-0.1, -0.05) is 23.7 Å². The fraction of sp³-hybridized carbons (Fsp3) is 0.444. The van der Waals surface area contributed by atoms with Crippen LogP contribution in [0.4, 0.5) is 4.39 Å². The average molecular weight is 446 g/mol. The molecule has 29 heavy (non-hydrogen) atoms. The highest BCUT2D eigenvalue weighted by molar-refractivity contribution is 7.48. The van der Waals surface area contributed by atoms with Crippen molar-refractivity contribution in [3.63, 3.8) is 0 Å². The summed E-state index contributed by atoms with van der Waals surface area (Å²) >= 11 is 6.15. The van der Waals surface area contributed by atoms with E-state index in [9.17, 15) is 18.5 Å². The third-order valence-corrected chi connectivity index (χ3v) is 6.78. The smallest absolute Gasteiger partial charge is 0.349 e. The van der Waals surface area contributed by atoms with Crippen LogP contribution in [0.1, 0.15) is 24.0 Å². The molecule has 1 aromatic rings. The van der Waals surface area contributed by atoms with Crippen molar-refractivity contribution in [2.75, 3.05) is 6.61 Å². The lowest BCUT2D eigenvalue weighted by atomic mass is 10.1. The van der Waals surface area contributed by atoms with E-state index in [2.05, 4.69) is 0 Å². The molecular weight excluding hydrogens is 428 g/mol. The second-order valence-corrected chi connectivity index (χ2v) is 8.97. The van der Waals surface area contributed by atoms with Crippen molar-refractivity contribution >= 4 is 31.1 Å². The molecular formula is C18H18ClFNO7P. The van der Waals surface area contributed by atoms with Crippen molar-refractivity contribution in [1.29, 1.82) is 0 Å². The van der Waals surface area contributed by atoms with Crippen LogP contribution in [0.15, 0.2) is 30.2 Å². The van der Waals surface area contributed by atoms with E-state index in [1.807, 2.05) is 13.0 Å². The monoisotopic (exact) mass is 445 g/mol. The van der Waals surface area contributed by atoms with Gasteiger partial charge in [0.05, 0.1) is 19.6 Å². The Hall–Kier alpha value is -1.61. The first-order chi connectivity index (χ1) is 13.8. The number of rotatable bonds is 4. The van der Waals surface area contributed by atoms with E-state index in [1.165, 1.54) is 0 Å². The number of phosphoric acid groups is 1. The number of benzene rings is 1. The van der Waals surface area contributed by atoms with Gasteiger partial charge in [-0.2, -0.15) is 0 Å². The zero-order valence-electron chi connectivity index (χ0n) is 15.4. The molecule has 3 aliphatic heterocycles. The predicted molar refractivity (Wildman–Crippen MR) is 98.3 cm³/mol. The van der Waals surface area contributed by atoms with Crippen molar-refractivity contribution in [2.24, 2.45) is 0 Å². The molecule has 4 rings (SSSR count). The molecule has 0 aliphatic carbocycles. The van der Waals surface area contributed by atoms with Gasteiger partial charge in [-0.25, -0.2) is 8.96 Å². The minimum absolute atomic E-state index is 0.0644. The van der Waals surface area contributed by atoms with E-state index in [1.54, 1.807) is 12.1 Å². The summed E-state index contributed by atoms with van der Waals surface area (Å²) in [5, 5.41) is 0.475. The molecule has 1 aromatic carbocycles. The number of allylic oxidation sites excluding steroid dienone is 1. The van der Waals surface area contributed by atoms with E-state index >= 15 is 0 Å². The number of nitrogens with zero attached hydrogens (tertiary/aromatic N) is 1. The standard InChI is InChI=1S/C18H18ClFNO7P/c1-10-3-2-4-12(19)11(10)8-25-29(24)26-9-16-15(28-29)6-18(27-16)21-7-13(20)14(22)5-17(21)23/h2-4,7,15-16,18H,5-6,8-9H2,1H3/t15-,16+,18+,29?/m0/s1. The van der Waals surface area contributed by atoms with Gasteiger partial charge in [-0.05, 0) is 24.1 Å². The van der Waals surface area contributed by atoms with E-state index < -0.39 is 50.2 Å². The van der Waals surface area contributed by atoms with Gasteiger partial charge in [-0.15, -0.1) is 0 Å². The average Bonchev–Trinajstić information content (AvgIpc) is 3.06. The number of carbonyl (C=O) groups excluding carboxylic acids is 2. The SMILES string of the molecule is Cc1cccc(Cl)c1COP1(=O)OC[C@H]2O[C@@H](N3C=C(F)C(=O)CC3=O)C[C@@H]2O1. The first-order valence-corrected chi connectivity index (χ1v) is 10.8. The fourth-order valence-corrected chi connectivity index (χ4v) is 5.02. The van der Waals surface area contributed by atoms with Gasteiger partial charge in [-0.3, -0.25) is 28.1 Å². The molecule has 2 saturated heterocycles. The third kappa shape index (κ3) is 4.17. The van der Waals surface area contributed by atoms with Crippen LogP contribution in [0, 0.1) is 6.92 Å². The number of phosphoric ester groups is 1. The van der Waals surface area contributed by atoms with Crippen LogP contribution in [-0.4, -0.2) is 41.6 Å². The molecule has 156 valence electrons. The molecule has 2 fully saturated rings. The number of halogens is 2. The minimum Gasteiger partial charge on any atom is -0.349 e. The van der Waals surface area contributed by atoms with Gasteiger partial charge < -0.3 is 4.74 Å². The van der Waals surface area contributed by atoms with Crippen LogP contribution in [0.3, 0.4) is 0 Å². The molecule has 0 radical (unpaired) electrons. The van der Waals surface area contributed by atoms with Crippen LogP contribution in [0.2, 0.25) is 5.02 Å². The van der Waals surface area contributed by atoms with E-state index in [4.69, 9.17) is 29.9 Å². The lowest BCUT2D eigenvalue weighted by Crippen LogP contribution is -2.40. The number of fused-ring (bicyclic) bond motifs is 1. The van der Waals surface area contributed by atoms with Crippen LogP contribution < -0.4 is 0 Å². The zero-order valence-corrected chi connectivity index (χ0v) is 17.0. The molecule has 1 amide bonds. The van der Waals surface area contributed by atoms with Crippen LogP contribution in [0.5, 0.6) is 0 Å². The van der Waals surface area contributed by atoms with Crippen molar-refractivity contribution in [3.05, 3.63) is 46.4 Å². The summed E-state index contributed by atoms with van der Waals surface area (Å²) in [6.45, 7) is 1.71. The van der Waals surface area contributed by atoms with Gasteiger partial charge in [0, 0.05) is 17.6 Å². The highest BCUT2D eigenvalue weighted by Crippen LogP contribution is 2.56. The molecule has 4 atom stereocenters. The minimum atomic E-state index is -3.88. The molecule has 11 heteroatoms. The predicted octanol–water partition coefficient (Wildman–Crippen LogP) is 3.42. The Bertz CT molecular complexity index is 919. The first kappa shape index (κ1) is 20.7. The summed E-state index contributed by atoms with van der Waals surface area (Å²) in [6.07, 6.45) is -1.72. The number of amides is 1. The Labute approximate surface area is 171 Å². The molecule has 1 unspecified atom stereocenters. The molecule has 8 nitrogen and oxygen atoms in total. The number of aryl methyl sites for hydroxylation is 1. The second-order valence-electron chi connectivity index (χ2n) is 6.94. The normalized spacial score (nSPS) is 32.3. The summed E-state index contributed by atoms with van der Waals surface area (Å²) in [7, 11) is -3.88. The number of ketones is 1. The lowest BCUT2D eigenvalue weighted by molar-refractivity contribution is -0.146. The second kappa shape index (κ2) is 7.91.